The number of carbonyl (C=O) groups excluding carboxylic acids is 1. The number of rotatable bonds is 7. The molecule has 2 saturated carbocycles. The van der Waals surface area contributed by atoms with Crippen molar-refractivity contribution in [1.29, 1.82) is 0 Å². The minimum Gasteiger partial charge on any atom is -0.293 e. The van der Waals surface area contributed by atoms with Crippen molar-refractivity contribution in [1.82, 2.24) is 0 Å². The van der Waals surface area contributed by atoms with Crippen LogP contribution in [0.1, 0.15) is 85.0 Å². The molecule has 0 aromatic rings. The topological polar surface area (TPSA) is 17.1 Å². The molecule has 2 rings (SSSR count). The zero-order chi connectivity index (χ0) is 15.3. The van der Waals surface area contributed by atoms with Gasteiger partial charge in [-0.3, -0.25) is 4.79 Å². The summed E-state index contributed by atoms with van der Waals surface area (Å²) >= 11 is 0. The second-order valence-electron chi connectivity index (χ2n) is 7.39. The summed E-state index contributed by atoms with van der Waals surface area (Å²) in [6.45, 7) is 6.90. The Morgan fingerprint density at radius 1 is 1.05 bits per heavy atom. The van der Waals surface area contributed by atoms with Crippen molar-refractivity contribution >= 4 is 16.7 Å². The fraction of sp³-hybridized carbons (Fsp3) is 0.947. The van der Waals surface area contributed by atoms with Crippen molar-refractivity contribution in [3.8, 4) is 0 Å². The second-order valence-corrected chi connectivity index (χ2v) is 10.1. The average Bonchev–Trinajstić information content (AvgIpc) is 2.51. The maximum absolute atomic E-state index is 13.3. The third-order valence-electron chi connectivity index (χ3n) is 5.88. The van der Waals surface area contributed by atoms with Gasteiger partial charge in [0.1, 0.15) is 11.5 Å². The molecule has 0 bridgehead atoms. The van der Waals surface area contributed by atoms with Crippen LogP contribution in [0, 0.1) is 11.8 Å². The molecule has 1 nitrogen and oxygen atoms in total. The van der Waals surface area contributed by atoms with Gasteiger partial charge in [-0.05, 0) is 44.9 Å². The van der Waals surface area contributed by atoms with Gasteiger partial charge in [-0.15, -0.1) is 0 Å². The Morgan fingerprint density at radius 2 is 1.67 bits per heavy atom. The molecule has 21 heavy (non-hydrogen) atoms. The van der Waals surface area contributed by atoms with E-state index in [1.54, 1.807) is 0 Å². The standard InChI is InChI=1S/C19H35OS/c1-4-6-14-21(15-7-5-2)19(3)13-12-16-10-8-9-11-17(16)18(19)20/h16-17H,4-15H2,1-3H3/q+1. The average molecular weight is 312 g/mol. The highest BCUT2D eigenvalue weighted by atomic mass is 32.2. The van der Waals surface area contributed by atoms with Gasteiger partial charge in [0.25, 0.3) is 0 Å². The van der Waals surface area contributed by atoms with Crippen LogP contribution in [0.15, 0.2) is 0 Å². The third-order valence-corrected chi connectivity index (χ3v) is 9.13. The number of hydrogen-bond acceptors (Lipinski definition) is 1. The molecule has 0 spiro atoms. The first-order chi connectivity index (χ1) is 10.1. The minimum absolute atomic E-state index is 0.0306. The fourth-order valence-corrected chi connectivity index (χ4v) is 7.57. The number of unbranched alkanes of at least 4 members (excludes halogenated alkanes) is 2. The first kappa shape index (κ1) is 17.4. The number of Topliss-reactive ketones (excluding diaryl/α,β-unsaturated/α-hetero) is 1. The highest BCUT2D eigenvalue weighted by Crippen LogP contribution is 2.46. The first-order valence-corrected chi connectivity index (χ1v) is 10.9. The number of carbonyl (C=O) groups is 1. The minimum atomic E-state index is 0.0306. The predicted molar refractivity (Wildman–Crippen MR) is 95.0 cm³/mol. The largest absolute Gasteiger partial charge is 0.293 e. The molecule has 3 atom stereocenters. The van der Waals surface area contributed by atoms with E-state index >= 15 is 0 Å². The lowest BCUT2D eigenvalue weighted by Gasteiger charge is -2.42. The van der Waals surface area contributed by atoms with Crippen LogP contribution < -0.4 is 0 Å². The van der Waals surface area contributed by atoms with Crippen LogP contribution in [-0.2, 0) is 15.7 Å². The Kier molecular flexibility index (Phi) is 6.65. The lowest BCUT2D eigenvalue weighted by molar-refractivity contribution is -0.130. The van der Waals surface area contributed by atoms with E-state index < -0.39 is 0 Å². The summed E-state index contributed by atoms with van der Waals surface area (Å²) in [6, 6.07) is 0. The summed E-state index contributed by atoms with van der Waals surface area (Å²) in [5, 5.41) is 0. The molecule has 122 valence electrons. The quantitative estimate of drug-likeness (QED) is 0.595. The van der Waals surface area contributed by atoms with Crippen LogP contribution in [0.4, 0.5) is 0 Å². The van der Waals surface area contributed by atoms with Gasteiger partial charge >= 0.3 is 0 Å². The Morgan fingerprint density at radius 3 is 2.29 bits per heavy atom. The molecular formula is C19H35OS+. The Balaban J connectivity index is 2.10. The molecule has 0 heterocycles. The van der Waals surface area contributed by atoms with E-state index in [-0.39, 0.29) is 4.75 Å². The number of ketones is 1. The Labute approximate surface area is 135 Å². The molecule has 2 aliphatic carbocycles. The molecule has 2 aliphatic rings. The molecule has 2 heteroatoms. The summed E-state index contributed by atoms with van der Waals surface area (Å²) < 4.78 is 0.0306. The number of hydrogen-bond donors (Lipinski definition) is 0. The van der Waals surface area contributed by atoms with Crippen molar-refractivity contribution in [2.45, 2.75) is 89.7 Å². The molecule has 0 amide bonds. The molecule has 3 unspecified atom stereocenters. The van der Waals surface area contributed by atoms with E-state index in [2.05, 4.69) is 20.8 Å². The van der Waals surface area contributed by atoms with E-state index in [4.69, 9.17) is 0 Å². The van der Waals surface area contributed by atoms with E-state index in [9.17, 15) is 4.79 Å². The Hall–Kier alpha value is 0.0200. The fourth-order valence-electron chi connectivity index (χ4n) is 4.35. The van der Waals surface area contributed by atoms with E-state index in [1.165, 1.54) is 75.7 Å². The second kappa shape index (κ2) is 8.04. The van der Waals surface area contributed by atoms with Gasteiger partial charge in [0.15, 0.2) is 10.5 Å². The lowest BCUT2D eigenvalue weighted by atomic mass is 9.67. The molecule has 0 aromatic heterocycles. The van der Waals surface area contributed by atoms with Gasteiger partial charge in [-0.25, -0.2) is 0 Å². The maximum atomic E-state index is 13.3. The highest BCUT2D eigenvalue weighted by Gasteiger charge is 2.55. The summed E-state index contributed by atoms with van der Waals surface area (Å²) in [4.78, 5) is 13.3. The smallest absolute Gasteiger partial charge is 0.190 e. The monoisotopic (exact) mass is 311 g/mol. The first-order valence-electron chi connectivity index (χ1n) is 9.35. The predicted octanol–water partition coefficient (Wildman–Crippen LogP) is 5.13. The van der Waals surface area contributed by atoms with Crippen molar-refractivity contribution in [2.75, 3.05) is 11.5 Å². The molecule has 0 aromatic carbocycles. The molecule has 0 aliphatic heterocycles. The van der Waals surface area contributed by atoms with E-state index in [0.717, 1.165) is 5.92 Å². The van der Waals surface area contributed by atoms with E-state index in [0.29, 0.717) is 22.6 Å². The maximum Gasteiger partial charge on any atom is 0.190 e. The normalized spacial score (nSPS) is 33.2. The molecular weight excluding hydrogens is 276 g/mol. The van der Waals surface area contributed by atoms with Crippen molar-refractivity contribution in [3.05, 3.63) is 0 Å². The van der Waals surface area contributed by atoms with Crippen LogP contribution in [0.2, 0.25) is 0 Å². The van der Waals surface area contributed by atoms with Crippen LogP contribution in [0.25, 0.3) is 0 Å². The van der Waals surface area contributed by atoms with Gasteiger partial charge in [0, 0.05) is 23.2 Å². The summed E-state index contributed by atoms with van der Waals surface area (Å²) in [7, 11) is 0.329. The number of fused-ring (bicyclic) bond motifs is 1. The van der Waals surface area contributed by atoms with Gasteiger partial charge < -0.3 is 0 Å². The highest BCUT2D eigenvalue weighted by molar-refractivity contribution is 7.98. The van der Waals surface area contributed by atoms with Crippen LogP contribution in [0.5, 0.6) is 0 Å². The molecule has 0 N–H and O–H groups in total. The van der Waals surface area contributed by atoms with Crippen LogP contribution in [-0.4, -0.2) is 22.0 Å². The van der Waals surface area contributed by atoms with Gasteiger partial charge in [0.05, 0.1) is 0 Å². The van der Waals surface area contributed by atoms with Crippen LogP contribution in [0.3, 0.4) is 0 Å². The summed E-state index contributed by atoms with van der Waals surface area (Å²) in [5.74, 6) is 4.44. The van der Waals surface area contributed by atoms with Crippen LogP contribution >= 0.6 is 0 Å². The Bertz CT molecular complexity index is 332. The molecule has 2 fully saturated rings. The van der Waals surface area contributed by atoms with Crippen molar-refractivity contribution in [2.24, 2.45) is 11.8 Å². The van der Waals surface area contributed by atoms with Gasteiger partial charge in [0.2, 0.25) is 0 Å². The zero-order valence-corrected chi connectivity index (χ0v) is 15.3. The lowest BCUT2D eigenvalue weighted by Crippen LogP contribution is -2.54. The van der Waals surface area contributed by atoms with Crippen molar-refractivity contribution < 1.29 is 4.79 Å². The van der Waals surface area contributed by atoms with Crippen molar-refractivity contribution in [3.63, 3.8) is 0 Å². The summed E-state index contributed by atoms with van der Waals surface area (Å²) in [6.07, 6.45) is 12.8. The third kappa shape index (κ3) is 3.86. The molecule has 0 saturated heterocycles. The SMILES string of the molecule is CCCC[S+](CCCC)C1(C)CCC2CCCCC2C1=O. The molecule has 0 radical (unpaired) electrons. The summed E-state index contributed by atoms with van der Waals surface area (Å²) in [5.41, 5.74) is 0. The van der Waals surface area contributed by atoms with Gasteiger partial charge in [-0.1, -0.05) is 39.5 Å². The van der Waals surface area contributed by atoms with Gasteiger partial charge in [-0.2, -0.15) is 0 Å². The zero-order valence-electron chi connectivity index (χ0n) is 14.5. The van der Waals surface area contributed by atoms with E-state index in [1.807, 2.05) is 0 Å².